The minimum atomic E-state index is -0.00104. The Morgan fingerprint density at radius 2 is 2.11 bits per heavy atom. The summed E-state index contributed by atoms with van der Waals surface area (Å²) in [6.45, 7) is 1.52. The summed E-state index contributed by atoms with van der Waals surface area (Å²) in [6, 6.07) is 7.45. The van der Waals surface area contributed by atoms with Gasteiger partial charge >= 0.3 is 0 Å². The second-order valence-corrected chi connectivity index (χ2v) is 3.76. The van der Waals surface area contributed by atoms with E-state index in [1.54, 1.807) is 14.2 Å². The van der Waals surface area contributed by atoms with E-state index in [1.165, 1.54) is 0 Å². The van der Waals surface area contributed by atoms with Crippen molar-refractivity contribution >= 4 is 5.91 Å². The predicted molar refractivity (Wildman–Crippen MR) is 70.0 cm³/mol. The number of methoxy groups -OCH3 is 1. The van der Waals surface area contributed by atoms with E-state index in [1.807, 2.05) is 24.3 Å². The Bertz CT molecular complexity index is 369. The summed E-state index contributed by atoms with van der Waals surface area (Å²) in [6.07, 6.45) is 0.771. The van der Waals surface area contributed by atoms with Crippen LogP contribution in [0.3, 0.4) is 0 Å². The van der Waals surface area contributed by atoms with Crippen molar-refractivity contribution in [1.29, 1.82) is 0 Å². The molecule has 2 N–H and O–H groups in total. The van der Waals surface area contributed by atoms with Gasteiger partial charge in [0.25, 0.3) is 0 Å². The summed E-state index contributed by atoms with van der Waals surface area (Å²) >= 11 is 0. The Morgan fingerprint density at radius 1 is 1.33 bits per heavy atom. The van der Waals surface area contributed by atoms with Crippen LogP contribution in [0.2, 0.25) is 0 Å². The van der Waals surface area contributed by atoms with Crippen LogP contribution in [0.5, 0.6) is 11.5 Å². The smallest absolute Gasteiger partial charge is 0.233 e. The second-order valence-electron chi connectivity index (χ2n) is 3.76. The number of nitrogens with one attached hydrogen (secondary N) is 2. The van der Waals surface area contributed by atoms with Gasteiger partial charge in [0.15, 0.2) is 0 Å². The van der Waals surface area contributed by atoms with Crippen LogP contribution in [-0.2, 0) is 4.79 Å². The molecule has 0 aliphatic carbocycles. The number of hydrogen-bond donors (Lipinski definition) is 2. The van der Waals surface area contributed by atoms with Crippen molar-refractivity contribution in [2.24, 2.45) is 0 Å². The zero-order chi connectivity index (χ0) is 13.2. The van der Waals surface area contributed by atoms with Gasteiger partial charge in [-0.2, -0.15) is 0 Å². The number of rotatable bonds is 8. The Balaban J connectivity index is 2.15. The van der Waals surface area contributed by atoms with Crippen LogP contribution in [-0.4, -0.2) is 39.8 Å². The predicted octanol–water partition coefficient (Wildman–Crippen LogP) is 0.800. The van der Waals surface area contributed by atoms with Crippen LogP contribution in [0.4, 0.5) is 0 Å². The largest absolute Gasteiger partial charge is 0.497 e. The standard InChI is InChI=1S/C13H20N2O3/c1-14-10-13(16)15-7-4-8-18-12-6-3-5-11(9-12)17-2/h3,5-6,9,14H,4,7-8,10H2,1-2H3,(H,15,16). The molecule has 5 heteroatoms. The molecule has 18 heavy (non-hydrogen) atoms. The quantitative estimate of drug-likeness (QED) is 0.672. The Hall–Kier alpha value is -1.75. The molecule has 1 rings (SSSR count). The van der Waals surface area contributed by atoms with Gasteiger partial charge in [0.2, 0.25) is 5.91 Å². The number of likely N-dealkylation sites (N-methyl/N-ethyl adjacent to an activating group) is 1. The lowest BCUT2D eigenvalue weighted by molar-refractivity contribution is -0.120. The third-order valence-corrected chi connectivity index (χ3v) is 2.29. The van der Waals surface area contributed by atoms with Gasteiger partial charge in [-0.1, -0.05) is 6.07 Å². The first-order valence-electron chi connectivity index (χ1n) is 5.94. The highest BCUT2D eigenvalue weighted by atomic mass is 16.5. The SMILES string of the molecule is CNCC(=O)NCCCOc1cccc(OC)c1. The maximum absolute atomic E-state index is 11.1. The van der Waals surface area contributed by atoms with Crippen molar-refractivity contribution in [1.82, 2.24) is 10.6 Å². The lowest BCUT2D eigenvalue weighted by atomic mass is 10.3. The lowest BCUT2D eigenvalue weighted by Crippen LogP contribution is -2.33. The fourth-order valence-corrected chi connectivity index (χ4v) is 1.40. The molecule has 100 valence electrons. The molecular formula is C13H20N2O3. The van der Waals surface area contributed by atoms with Gasteiger partial charge in [0.05, 0.1) is 20.3 Å². The summed E-state index contributed by atoms with van der Waals surface area (Å²) in [5, 5.41) is 5.58. The molecule has 0 aliphatic rings. The number of carbonyl (C=O) groups excluding carboxylic acids is 1. The van der Waals surface area contributed by atoms with Crippen molar-refractivity contribution in [3.05, 3.63) is 24.3 Å². The van der Waals surface area contributed by atoms with Crippen LogP contribution in [0.1, 0.15) is 6.42 Å². The molecule has 0 radical (unpaired) electrons. The maximum Gasteiger partial charge on any atom is 0.233 e. The molecular weight excluding hydrogens is 232 g/mol. The molecule has 0 bridgehead atoms. The summed E-state index contributed by atoms with van der Waals surface area (Å²) in [5.41, 5.74) is 0. The zero-order valence-corrected chi connectivity index (χ0v) is 10.9. The Labute approximate surface area is 107 Å². The molecule has 0 aromatic heterocycles. The molecule has 5 nitrogen and oxygen atoms in total. The number of hydrogen-bond acceptors (Lipinski definition) is 4. The van der Waals surface area contributed by atoms with Crippen molar-refractivity contribution in [2.45, 2.75) is 6.42 Å². The topological polar surface area (TPSA) is 59.6 Å². The van der Waals surface area contributed by atoms with Gasteiger partial charge in [-0.3, -0.25) is 4.79 Å². The third kappa shape index (κ3) is 5.54. The molecule has 0 heterocycles. The van der Waals surface area contributed by atoms with Gasteiger partial charge in [-0.25, -0.2) is 0 Å². The Kier molecular flexibility index (Phi) is 6.64. The van der Waals surface area contributed by atoms with E-state index in [0.29, 0.717) is 19.7 Å². The molecule has 0 saturated heterocycles. The highest BCUT2D eigenvalue weighted by Gasteiger charge is 1.99. The van der Waals surface area contributed by atoms with E-state index >= 15 is 0 Å². The summed E-state index contributed by atoms with van der Waals surface area (Å²) in [4.78, 5) is 11.1. The fraction of sp³-hybridized carbons (Fsp3) is 0.462. The van der Waals surface area contributed by atoms with Crippen molar-refractivity contribution in [3.63, 3.8) is 0 Å². The van der Waals surface area contributed by atoms with Gasteiger partial charge in [-0.05, 0) is 25.6 Å². The van der Waals surface area contributed by atoms with Crippen LogP contribution in [0.25, 0.3) is 0 Å². The average Bonchev–Trinajstić information content (AvgIpc) is 2.39. The van der Waals surface area contributed by atoms with E-state index in [4.69, 9.17) is 9.47 Å². The third-order valence-electron chi connectivity index (χ3n) is 2.29. The molecule has 1 amide bonds. The highest BCUT2D eigenvalue weighted by molar-refractivity contribution is 5.77. The minimum absolute atomic E-state index is 0.00104. The number of carbonyl (C=O) groups is 1. The van der Waals surface area contributed by atoms with Crippen LogP contribution >= 0.6 is 0 Å². The van der Waals surface area contributed by atoms with E-state index in [9.17, 15) is 4.79 Å². The summed E-state index contributed by atoms with van der Waals surface area (Å²) in [5.74, 6) is 1.55. The first-order valence-corrected chi connectivity index (χ1v) is 5.94. The van der Waals surface area contributed by atoms with E-state index < -0.39 is 0 Å². The van der Waals surface area contributed by atoms with E-state index in [2.05, 4.69) is 10.6 Å². The number of amides is 1. The fourth-order valence-electron chi connectivity index (χ4n) is 1.40. The van der Waals surface area contributed by atoms with Crippen LogP contribution < -0.4 is 20.1 Å². The summed E-state index contributed by atoms with van der Waals surface area (Å²) in [7, 11) is 3.36. The maximum atomic E-state index is 11.1. The number of benzene rings is 1. The van der Waals surface area contributed by atoms with Gasteiger partial charge < -0.3 is 20.1 Å². The zero-order valence-electron chi connectivity index (χ0n) is 10.9. The molecule has 0 saturated carbocycles. The first-order chi connectivity index (χ1) is 8.76. The molecule has 1 aromatic carbocycles. The van der Waals surface area contributed by atoms with Crippen LogP contribution in [0, 0.1) is 0 Å². The van der Waals surface area contributed by atoms with Crippen molar-refractivity contribution < 1.29 is 14.3 Å². The number of ether oxygens (including phenoxy) is 2. The average molecular weight is 252 g/mol. The summed E-state index contributed by atoms with van der Waals surface area (Å²) < 4.78 is 10.6. The molecule has 0 spiro atoms. The Morgan fingerprint density at radius 3 is 2.83 bits per heavy atom. The minimum Gasteiger partial charge on any atom is -0.497 e. The van der Waals surface area contributed by atoms with Gasteiger partial charge in [0, 0.05) is 12.6 Å². The monoisotopic (exact) mass is 252 g/mol. The van der Waals surface area contributed by atoms with E-state index in [0.717, 1.165) is 17.9 Å². The molecule has 0 aliphatic heterocycles. The van der Waals surface area contributed by atoms with Gasteiger partial charge in [-0.15, -0.1) is 0 Å². The van der Waals surface area contributed by atoms with Crippen LogP contribution in [0.15, 0.2) is 24.3 Å². The molecule has 1 aromatic rings. The normalized spacial score (nSPS) is 9.89. The van der Waals surface area contributed by atoms with E-state index in [-0.39, 0.29) is 5.91 Å². The lowest BCUT2D eigenvalue weighted by Gasteiger charge is -2.08. The molecule has 0 fully saturated rings. The molecule has 0 unspecified atom stereocenters. The van der Waals surface area contributed by atoms with Crippen molar-refractivity contribution in [3.8, 4) is 11.5 Å². The highest BCUT2D eigenvalue weighted by Crippen LogP contribution is 2.18. The first kappa shape index (κ1) is 14.3. The van der Waals surface area contributed by atoms with Crippen molar-refractivity contribution in [2.75, 3.05) is 33.9 Å². The molecule has 0 atom stereocenters. The second kappa shape index (κ2) is 8.36. The van der Waals surface area contributed by atoms with Gasteiger partial charge in [0.1, 0.15) is 11.5 Å².